The molecule has 0 fully saturated rings. The number of ether oxygens (including phenoxy) is 1. The number of amides is 1. The second-order valence-electron chi connectivity index (χ2n) is 5.38. The van der Waals surface area contributed by atoms with Gasteiger partial charge in [-0.25, -0.2) is 0 Å². The SMILES string of the molecule is CCCCOc1ccc(-c2cc(C(=O)Nc3nnc(C)s3)no2)cc1. The van der Waals surface area contributed by atoms with E-state index in [2.05, 4.69) is 27.6 Å². The van der Waals surface area contributed by atoms with Crippen LogP contribution in [0.15, 0.2) is 34.9 Å². The molecule has 1 aromatic carbocycles. The van der Waals surface area contributed by atoms with Crippen LogP contribution in [0.5, 0.6) is 5.75 Å². The number of nitrogens with zero attached hydrogens (tertiary/aromatic N) is 3. The molecule has 0 atom stereocenters. The van der Waals surface area contributed by atoms with Crippen LogP contribution in [-0.4, -0.2) is 27.9 Å². The van der Waals surface area contributed by atoms with Crippen molar-refractivity contribution >= 4 is 22.4 Å². The average molecular weight is 358 g/mol. The van der Waals surface area contributed by atoms with Gasteiger partial charge < -0.3 is 9.26 Å². The number of unbranched alkanes of at least 4 members (excludes halogenated alkanes) is 1. The van der Waals surface area contributed by atoms with Gasteiger partial charge in [-0.15, -0.1) is 10.2 Å². The van der Waals surface area contributed by atoms with E-state index in [1.54, 1.807) is 6.07 Å². The van der Waals surface area contributed by atoms with Gasteiger partial charge in [-0.3, -0.25) is 10.1 Å². The van der Waals surface area contributed by atoms with Gasteiger partial charge in [-0.05, 0) is 37.6 Å². The van der Waals surface area contributed by atoms with Crippen molar-refractivity contribution in [3.8, 4) is 17.1 Å². The van der Waals surface area contributed by atoms with Crippen LogP contribution < -0.4 is 10.1 Å². The lowest BCUT2D eigenvalue weighted by atomic mass is 10.1. The normalized spacial score (nSPS) is 10.6. The Labute approximate surface area is 149 Å². The fraction of sp³-hybridized carbons (Fsp3) is 0.294. The molecule has 3 aromatic rings. The highest BCUT2D eigenvalue weighted by atomic mass is 32.1. The Morgan fingerprint density at radius 2 is 2.08 bits per heavy atom. The van der Waals surface area contributed by atoms with Gasteiger partial charge in [0.05, 0.1) is 6.61 Å². The summed E-state index contributed by atoms with van der Waals surface area (Å²) in [7, 11) is 0. The number of benzene rings is 1. The van der Waals surface area contributed by atoms with Crippen LogP contribution >= 0.6 is 11.3 Å². The number of carbonyl (C=O) groups is 1. The molecule has 0 radical (unpaired) electrons. The fourth-order valence-corrected chi connectivity index (χ4v) is 2.66. The van der Waals surface area contributed by atoms with Crippen molar-refractivity contribution in [2.24, 2.45) is 0 Å². The van der Waals surface area contributed by atoms with Gasteiger partial charge in [0, 0.05) is 11.6 Å². The van der Waals surface area contributed by atoms with E-state index < -0.39 is 0 Å². The molecule has 0 bridgehead atoms. The number of nitrogens with one attached hydrogen (secondary N) is 1. The molecule has 0 saturated heterocycles. The van der Waals surface area contributed by atoms with Crippen LogP contribution in [-0.2, 0) is 0 Å². The first-order valence-electron chi connectivity index (χ1n) is 7.97. The molecule has 0 aliphatic rings. The number of rotatable bonds is 7. The average Bonchev–Trinajstić information content (AvgIpc) is 3.25. The Kier molecular flexibility index (Phi) is 5.39. The lowest BCUT2D eigenvalue weighted by Gasteiger charge is -2.05. The van der Waals surface area contributed by atoms with Gasteiger partial charge in [0.25, 0.3) is 5.91 Å². The van der Waals surface area contributed by atoms with E-state index in [1.165, 1.54) is 11.3 Å². The Morgan fingerprint density at radius 1 is 1.28 bits per heavy atom. The summed E-state index contributed by atoms with van der Waals surface area (Å²) >= 11 is 1.30. The Balaban J connectivity index is 1.65. The summed E-state index contributed by atoms with van der Waals surface area (Å²) in [5, 5.41) is 15.4. The van der Waals surface area contributed by atoms with Crippen molar-refractivity contribution in [3.05, 3.63) is 41.0 Å². The van der Waals surface area contributed by atoms with Crippen LogP contribution in [0.3, 0.4) is 0 Å². The zero-order valence-corrected chi connectivity index (χ0v) is 14.8. The van der Waals surface area contributed by atoms with Crippen molar-refractivity contribution in [1.29, 1.82) is 0 Å². The van der Waals surface area contributed by atoms with E-state index in [9.17, 15) is 4.79 Å². The van der Waals surface area contributed by atoms with Crippen molar-refractivity contribution < 1.29 is 14.1 Å². The molecule has 2 aromatic heterocycles. The van der Waals surface area contributed by atoms with Crippen LogP contribution in [0.25, 0.3) is 11.3 Å². The van der Waals surface area contributed by atoms with Crippen LogP contribution in [0.2, 0.25) is 0 Å². The summed E-state index contributed by atoms with van der Waals surface area (Å²) in [5.74, 6) is 0.936. The zero-order valence-electron chi connectivity index (χ0n) is 14.0. The number of hydrogen-bond acceptors (Lipinski definition) is 7. The molecule has 1 amide bonds. The number of aromatic nitrogens is 3. The third-order valence-corrected chi connectivity index (χ3v) is 4.15. The maximum atomic E-state index is 12.2. The lowest BCUT2D eigenvalue weighted by molar-refractivity contribution is 0.101. The van der Waals surface area contributed by atoms with E-state index in [0.29, 0.717) is 17.5 Å². The molecular formula is C17H18N4O3S. The van der Waals surface area contributed by atoms with E-state index >= 15 is 0 Å². The second-order valence-corrected chi connectivity index (χ2v) is 6.56. The number of aryl methyl sites for hydroxylation is 1. The highest BCUT2D eigenvalue weighted by molar-refractivity contribution is 7.15. The van der Waals surface area contributed by atoms with Crippen molar-refractivity contribution in [2.45, 2.75) is 26.7 Å². The molecule has 0 unspecified atom stereocenters. The fourth-order valence-electron chi connectivity index (χ4n) is 2.08. The van der Waals surface area contributed by atoms with Gasteiger partial charge in [-0.1, -0.05) is 29.8 Å². The Morgan fingerprint density at radius 3 is 2.76 bits per heavy atom. The number of carbonyl (C=O) groups excluding carboxylic acids is 1. The third-order valence-electron chi connectivity index (χ3n) is 3.39. The molecule has 8 heteroatoms. The first kappa shape index (κ1) is 17.1. The van der Waals surface area contributed by atoms with E-state index in [-0.39, 0.29) is 11.6 Å². The van der Waals surface area contributed by atoms with Gasteiger partial charge in [0.2, 0.25) is 5.13 Å². The van der Waals surface area contributed by atoms with Crippen LogP contribution in [0.1, 0.15) is 35.3 Å². The summed E-state index contributed by atoms with van der Waals surface area (Å²) in [6.07, 6.45) is 2.12. The summed E-state index contributed by atoms with van der Waals surface area (Å²) in [6, 6.07) is 9.08. The minimum Gasteiger partial charge on any atom is -0.494 e. The van der Waals surface area contributed by atoms with Gasteiger partial charge >= 0.3 is 0 Å². The molecule has 0 spiro atoms. The molecule has 0 aliphatic heterocycles. The van der Waals surface area contributed by atoms with Gasteiger partial charge in [0.15, 0.2) is 11.5 Å². The molecule has 2 heterocycles. The molecule has 7 nitrogen and oxygen atoms in total. The lowest BCUT2D eigenvalue weighted by Crippen LogP contribution is -2.11. The second kappa shape index (κ2) is 7.89. The Hall–Kier alpha value is -2.74. The van der Waals surface area contributed by atoms with E-state index in [1.807, 2.05) is 31.2 Å². The molecule has 3 rings (SSSR count). The minimum atomic E-state index is -0.384. The quantitative estimate of drug-likeness (QED) is 0.644. The number of hydrogen-bond donors (Lipinski definition) is 1. The van der Waals surface area contributed by atoms with Crippen molar-refractivity contribution in [3.63, 3.8) is 0 Å². The topological polar surface area (TPSA) is 90.1 Å². The predicted octanol–water partition coefficient (Wildman–Crippen LogP) is 3.93. The Bertz CT molecular complexity index is 842. The molecular weight excluding hydrogens is 340 g/mol. The molecule has 0 aliphatic carbocycles. The van der Waals surface area contributed by atoms with Crippen molar-refractivity contribution in [1.82, 2.24) is 15.4 Å². The van der Waals surface area contributed by atoms with E-state index in [4.69, 9.17) is 9.26 Å². The molecule has 0 saturated carbocycles. The highest BCUT2D eigenvalue weighted by Crippen LogP contribution is 2.24. The zero-order chi connectivity index (χ0) is 17.6. The van der Waals surface area contributed by atoms with E-state index in [0.717, 1.165) is 29.2 Å². The molecule has 130 valence electrons. The van der Waals surface area contributed by atoms with Gasteiger partial charge in [0.1, 0.15) is 10.8 Å². The molecule has 25 heavy (non-hydrogen) atoms. The van der Waals surface area contributed by atoms with Crippen molar-refractivity contribution in [2.75, 3.05) is 11.9 Å². The third kappa shape index (κ3) is 4.42. The first-order valence-corrected chi connectivity index (χ1v) is 8.79. The maximum Gasteiger partial charge on any atom is 0.279 e. The standard InChI is InChI=1S/C17H18N4O3S/c1-3-4-9-23-13-7-5-12(6-8-13)15-10-14(21-24-15)16(22)18-17-20-19-11(2)25-17/h5-8,10H,3-4,9H2,1-2H3,(H,18,20,22). The summed E-state index contributed by atoms with van der Waals surface area (Å²) in [4.78, 5) is 12.2. The summed E-state index contributed by atoms with van der Waals surface area (Å²) in [6.45, 7) is 4.64. The summed E-state index contributed by atoms with van der Waals surface area (Å²) in [5.41, 5.74) is 1.01. The minimum absolute atomic E-state index is 0.186. The number of anilines is 1. The first-order chi connectivity index (χ1) is 12.2. The largest absolute Gasteiger partial charge is 0.494 e. The molecule has 1 N–H and O–H groups in total. The predicted molar refractivity (Wildman–Crippen MR) is 94.9 cm³/mol. The van der Waals surface area contributed by atoms with Crippen LogP contribution in [0, 0.1) is 6.92 Å². The monoisotopic (exact) mass is 358 g/mol. The smallest absolute Gasteiger partial charge is 0.279 e. The van der Waals surface area contributed by atoms with Gasteiger partial charge in [-0.2, -0.15) is 0 Å². The summed E-state index contributed by atoms with van der Waals surface area (Å²) < 4.78 is 10.9. The van der Waals surface area contributed by atoms with Crippen LogP contribution in [0.4, 0.5) is 5.13 Å². The highest BCUT2D eigenvalue weighted by Gasteiger charge is 2.15. The maximum absolute atomic E-state index is 12.2.